The van der Waals surface area contributed by atoms with Gasteiger partial charge in [0, 0.05) is 13.0 Å². The molecule has 1 unspecified atom stereocenters. The molecule has 20 heavy (non-hydrogen) atoms. The summed E-state index contributed by atoms with van der Waals surface area (Å²) in [4.78, 5) is 26.0. The number of nitrogens with zero attached hydrogens (tertiary/aromatic N) is 1. The summed E-state index contributed by atoms with van der Waals surface area (Å²) in [6.07, 6.45) is 0.746. The lowest BCUT2D eigenvalue weighted by atomic mass is 9.97. The molecule has 1 saturated heterocycles. The first-order chi connectivity index (χ1) is 9.39. The molecular formula is C14H16Cl2N2O2. The van der Waals surface area contributed by atoms with Crippen molar-refractivity contribution >= 4 is 40.7 Å². The third kappa shape index (κ3) is 2.63. The van der Waals surface area contributed by atoms with E-state index in [4.69, 9.17) is 23.2 Å². The molecule has 0 bridgehead atoms. The highest BCUT2D eigenvalue weighted by Crippen LogP contribution is 2.34. The van der Waals surface area contributed by atoms with Crippen LogP contribution in [0.5, 0.6) is 0 Å². The molecule has 1 atom stereocenters. The second kappa shape index (κ2) is 5.62. The minimum atomic E-state index is -0.917. The van der Waals surface area contributed by atoms with Crippen LogP contribution in [0.3, 0.4) is 0 Å². The summed E-state index contributed by atoms with van der Waals surface area (Å²) in [7, 11) is 0. The van der Waals surface area contributed by atoms with E-state index in [0.717, 1.165) is 0 Å². The number of hydrogen-bond acceptors (Lipinski definition) is 2. The second-order valence-electron chi connectivity index (χ2n) is 5.01. The highest BCUT2D eigenvalue weighted by Gasteiger charge is 2.40. The van der Waals surface area contributed by atoms with E-state index >= 15 is 0 Å². The average Bonchev–Trinajstić information content (AvgIpc) is 2.52. The Morgan fingerprint density at radius 1 is 1.35 bits per heavy atom. The van der Waals surface area contributed by atoms with Crippen LogP contribution in [-0.4, -0.2) is 23.9 Å². The van der Waals surface area contributed by atoms with E-state index in [1.807, 2.05) is 6.92 Å². The van der Waals surface area contributed by atoms with Crippen LogP contribution in [0.4, 0.5) is 5.69 Å². The number of rotatable bonds is 2. The topological polar surface area (TPSA) is 49.4 Å². The minimum absolute atomic E-state index is 0.136. The standard InChI is InChI=1S/C14H16Cl2N2O2/c1-3-14(2)13(20)18(8-7-11(19)17-14)10-6-4-5-9(15)12(10)16/h4-6H,3,7-8H2,1-2H3,(H,17,19). The van der Waals surface area contributed by atoms with Gasteiger partial charge in [-0.05, 0) is 25.5 Å². The van der Waals surface area contributed by atoms with Crippen molar-refractivity contribution in [2.45, 2.75) is 32.2 Å². The number of carbonyl (C=O) groups is 2. The highest BCUT2D eigenvalue weighted by atomic mass is 35.5. The summed E-state index contributed by atoms with van der Waals surface area (Å²) in [6, 6.07) is 5.14. The Labute approximate surface area is 128 Å². The van der Waals surface area contributed by atoms with Gasteiger partial charge in [0.15, 0.2) is 0 Å². The second-order valence-corrected chi connectivity index (χ2v) is 5.80. The number of nitrogens with one attached hydrogen (secondary N) is 1. The van der Waals surface area contributed by atoms with Crippen LogP contribution in [0.1, 0.15) is 26.7 Å². The molecule has 2 rings (SSSR count). The summed E-state index contributed by atoms with van der Waals surface area (Å²) < 4.78 is 0. The summed E-state index contributed by atoms with van der Waals surface area (Å²) in [5.41, 5.74) is -0.375. The third-order valence-electron chi connectivity index (χ3n) is 3.62. The van der Waals surface area contributed by atoms with Crippen LogP contribution in [-0.2, 0) is 9.59 Å². The molecule has 0 aromatic heterocycles. The average molecular weight is 315 g/mol. The van der Waals surface area contributed by atoms with Crippen molar-refractivity contribution < 1.29 is 9.59 Å². The highest BCUT2D eigenvalue weighted by molar-refractivity contribution is 6.44. The van der Waals surface area contributed by atoms with Gasteiger partial charge in [-0.3, -0.25) is 9.59 Å². The molecule has 1 heterocycles. The molecule has 1 aliphatic rings. The molecule has 6 heteroatoms. The number of amides is 2. The zero-order valence-corrected chi connectivity index (χ0v) is 12.9. The van der Waals surface area contributed by atoms with Gasteiger partial charge in [-0.15, -0.1) is 0 Å². The summed E-state index contributed by atoms with van der Waals surface area (Å²) in [6.45, 7) is 3.88. The maximum Gasteiger partial charge on any atom is 0.252 e. The van der Waals surface area contributed by atoms with Crippen molar-refractivity contribution in [3.8, 4) is 0 Å². The molecular weight excluding hydrogens is 299 g/mol. The molecule has 2 amide bonds. The smallest absolute Gasteiger partial charge is 0.252 e. The largest absolute Gasteiger partial charge is 0.342 e. The van der Waals surface area contributed by atoms with Crippen LogP contribution in [0.2, 0.25) is 10.0 Å². The first kappa shape index (κ1) is 15.1. The molecule has 0 saturated carbocycles. The quantitative estimate of drug-likeness (QED) is 0.912. The van der Waals surface area contributed by atoms with Crippen LogP contribution >= 0.6 is 23.2 Å². The van der Waals surface area contributed by atoms with Crippen molar-refractivity contribution in [3.05, 3.63) is 28.2 Å². The number of hydrogen-bond donors (Lipinski definition) is 1. The van der Waals surface area contributed by atoms with Crippen LogP contribution in [0, 0.1) is 0 Å². The normalized spacial score (nSPS) is 23.5. The zero-order chi connectivity index (χ0) is 14.9. The zero-order valence-electron chi connectivity index (χ0n) is 11.4. The Morgan fingerprint density at radius 2 is 2.05 bits per heavy atom. The maximum atomic E-state index is 12.7. The van der Waals surface area contributed by atoms with Gasteiger partial charge >= 0.3 is 0 Å². The van der Waals surface area contributed by atoms with Gasteiger partial charge in [0.1, 0.15) is 5.54 Å². The van der Waals surface area contributed by atoms with E-state index in [1.165, 1.54) is 4.90 Å². The van der Waals surface area contributed by atoms with Crippen molar-refractivity contribution in [2.75, 3.05) is 11.4 Å². The van der Waals surface area contributed by atoms with E-state index in [0.29, 0.717) is 28.7 Å². The Morgan fingerprint density at radius 3 is 2.70 bits per heavy atom. The summed E-state index contributed by atoms with van der Waals surface area (Å²) in [5.74, 6) is -0.307. The van der Waals surface area contributed by atoms with Gasteiger partial charge in [0.25, 0.3) is 5.91 Å². The van der Waals surface area contributed by atoms with E-state index in [2.05, 4.69) is 5.32 Å². The Hall–Kier alpha value is -1.26. The van der Waals surface area contributed by atoms with E-state index in [-0.39, 0.29) is 18.2 Å². The Kier molecular flexibility index (Phi) is 4.25. The fraction of sp³-hybridized carbons (Fsp3) is 0.429. The maximum absolute atomic E-state index is 12.7. The molecule has 0 spiro atoms. The van der Waals surface area contributed by atoms with Gasteiger partial charge in [0.2, 0.25) is 5.91 Å². The fourth-order valence-corrected chi connectivity index (χ4v) is 2.60. The van der Waals surface area contributed by atoms with Crippen LogP contribution < -0.4 is 10.2 Å². The van der Waals surface area contributed by atoms with Gasteiger partial charge in [-0.1, -0.05) is 36.2 Å². The number of benzene rings is 1. The summed E-state index contributed by atoms with van der Waals surface area (Å²) >= 11 is 12.2. The van der Waals surface area contributed by atoms with E-state index < -0.39 is 5.54 Å². The van der Waals surface area contributed by atoms with Gasteiger partial charge in [-0.2, -0.15) is 0 Å². The van der Waals surface area contributed by atoms with Crippen molar-refractivity contribution in [1.82, 2.24) is 5.32 Å². The number of anilines is 1. The van der Waals surface area contributed by atoms with E-state index in [9.17, 15) is 9.59 Å². The SMILES string of the molecule is CCC1(C)NC(=O)CCN(c2cccc(Cl)c2Cl)C1=O. The fourth-order valence-electron chi connectivity index (χ4n) is 2.21. The molecule has 108 valence electrons. The first-order valence-corrected chi connectivity index (χ1v) is 7.21. The minimum Gasteiger partial charge on any atom is -0.342 e. The lowest BCUT2D eigenvalue weighted by molar-refractivity contribution is -0.129. The lowest BCUT2D eigenvalue weighted by Gasteiger charge is -2.31. The lowest BCUT2D eigenvalue weighted by Crippen LogP contribution is -2.54. The predicted molar refractivity (Wildman–Crippen MR) is 80.3 cm³/mol. The first-order valence-electron chi connectivity index (χ1n) is 6.46. The van der Waals surface area contributed by atoms with Gasteiger partial charge < -0.3 is 10.2 Å². The monoisotopic (exact) mass is 314 g/mol. The predicted octanol–water partition coefficient (Wildman–Crippen LogP) is 3.02. The molecule has 1 fully saturated rings. The summed E-state index contributed by atoms with van der Waals surface area (Å²) in [5, 5.41) is 3.50. The molecule has 0 aliphatic carbocycles. The number of carbonyl (C=O) groups excluding carboxylic acids is 2. The number of halogens is 2. The van der Waals surface area contributed by atoms with Gasteiger partial charge in [0.05, 0.1) is 15.7 Å². The molecule has 1 N–H and O–H groups in total. The molecule has 4 nitrogen and oxygen atoms in total. The van der Waals surface area contributed by atoms with E-state index in [1.54, 1.807) is 25.1 Å². The van der Waals surface area contributed by atoms with Crippen molar-refractivity contribution in [2.24, 2.45) is 0 Å². The van der Waals surface area contributed by atoms with Crippen molar-refractivity contribution in [3.63, 3.8) is 0 Å². The third-order valence-corrected chi connectivity index (χ3v) is 4.43. The molecule has 1 aromatic carbocycles. The Balaban J connectivity index is 2.47. The Bertz CT molecular complexity index is 562. The molecule has 1 aromatic rings. The molecule has 0 radical (unpaired) electrons. The van der Waals surface area contributed by atoms with Crippen LogP contribution in [0.15, 0.2) is 18.2 Å². The van der Waals surface area contributed by atoms with Crippen LogP contribution in [0.25, 0.3) is 0 Å². The van der Waals surface area contributed by atoms with Gasteiger partial charge in [-0.25, -0.2) is 0 Å². The van der Waals surface area contributed by atoms with Crippen molar-refractivity contribution in [1.29, 1.82) is 0 Å². The molecule has 1 aliphatic heterocycles.